The Morgan fingerprint density at radius 3 is 2.44 bits per heavy atom. The molecule has 0 saturated heterocycles. The predicted octanol–water partition coefficient (Wildman–Crippen LogP) is 3.65. The number of nitriles is 1. The summed E-state index contributed by atoms with van der Waals surface area (Å²) in [7, 11) is 0. The molecule has 1 heterocycles. The molecule has 2 N–H and O–H groups in total. The van der Waals surface area contributed by atoms with Gasteiger partial charge in [0.05, 0.1) is 16.8 Å². The second-order valence-electron chi connectivity index (χ2n) is 5.92. The van der Waals surface area contributed by atoms with Crippen LogP contribution in [0.4, 0.5) is 11.6 Å². The lowest BCUT2D eigenvalue weighted by Gasteiger charge is -2.08. The molecule has 27 heavy (non-hydrogen) atoms. The Balaban J connectivity index is 1.51. The van der Waals surface area contributed by atoms with E-state index in [1.54, 1.807) is 24.3 Å². The van der Waals surface area contributed by atoms with Crippen molar-refractivity contribution in [3.05, 3.63) is 83.7 Å². The van der Waals surface area contributed by atoms with Gasteiger partial charge < -0.3 is 10.6 Å². The molecule has 0 fully saturated rings. The van der Waals surface area contributed by atoms with Crippen LogP contribution in [0.25, 0.3) is 0 Å². The molecule has 6 heteroatoms. The van der Waals surface area contributed by atoms with E-state index >= 15 is 0 Å². The molecule has 1 amide bonds. The highest BCUT2D eigenvalue weighted by molar-refractivity contribution is 6.04. The van der Waals surface area contributed by atoms with Crippen LogP contribution in [0.3, 0.4) is 0 Å². The third-order valence-corrected chi connectivity index (χ3v) is 3.98. The van der Waals surface area contributed by atoms with E-state index in [9.17, 15) is 4.79 Å². The van der Waals surface area contributed by atoms with E-state index in [0.717, 1.165) is 19.4 Å². The molecule has 0 bridgehead atoms. The van der Waals surface area contributed by atoms with Crippen molar-refractivity contribution in [2.24, 2.45) is 0 Å². The number of nitrogens with one attached hydrogen (secondary N) is 2. The maximum Gasteiger partial charge on any atom is 0.258 e. The molecule has 6 nitrogen and oxygen atoms in total. The molecule has 0 unspecified atom stereocenters. The molecule has 0 spiro atoms. The zero-order valence-corrected chi connectivity index (χ0v) is 14.7. The Kier molecular flexibility index (Phi) is 6.10. The maximum absolute atomic E-state index is 12.3. The molecule has 0 aliphatic rings. The van der Waals surface area contributed by atoms with Gasteiger partial charge in [-0.3, -0.25) is 4.79 Å². The largest absolute Gasteiger partial charge is 0.354 e. The molecule has 0 atom stereocenters. The summed E-state index contributed by atoms with van der Waals surface area (Å²) >= 11 is 0. The topological polar surface area (TPSA) is 90.7 Å². The SMILES string of the molecule is N#Cc1ccccc1NC(=O)c1cnc(NCCCc2ccccc2)nc1. The van der Waals surface area contributed by atoms with Crippen LogP contribution in [0.15, 0.2) is 67.0 Å². The first-order valence-electron chi connectivity index (χ1n) is 8.66. The Bertz CT molecular complexity index is 933. The summed E-state index contributed by atoms with van der Waals surface area (Å²) in [4.78, 5) is 20.7. The van der Waals surface area contributed by atoms with Gasteiger partial charge in [0.25, 0.3) is 5.91 Å². The van der Waals surface area contributed by atoms with Gasteiger partial charge in [-0.1, -0.05) is 42.5 Å². The first-order valence-corrected chi connectivity index (χ1v) is 8.66. The highest BCUT2D eigenvalue weighted by Crippen LogP contribution is 2.15. The molecule has 1 aromatic heterocycles. The van der Waals surface area contributed by atoms with Crippen LogP contribution < -0.4 is 10.6 Å². The fraction of sp³-hybridized carbons (Fsp3) is 0.143. The quantitative estimate of drug-likeness (QED) is 0.630. The van der Waals surface area contributed by atoms with Gasteiger partial charge in [-0.2, -0.15) is 5.26 Å². The van der Waals surface area contributed by atoms with E-state index in [0.29, 0.717) is 22.8 Å². The molecule has 3 aromatic rings. The number of hydrogen-bond acceptors (Lipinski definition) is 5. The van der Waals surface area contributed by atoms with Crippen molar-refractivity contribution < 1.29 is 4.79 Å². The predicted molar refractivity (Wildman–Crippen MR) is 104 cm³/mol. The van der Waals surface area contributed by atoms with Crippen LogP contribution in [0.2, 0.25) is 0 Å². The van der Waals surface area contributed by atoms with Crippen molar-refractivity contribution in [3.63, 3.8) is 0 Å². The van der Waals surface area contributed by atoms with Gasteiger partial charge in [0, 0.05) is 18.9 Å². The average Bonchev–Trinajstić information content (AvgIpc) is 2.73. The summed E-state index contributed by atoms with van der Waals surface area (Å²) in [6.07, 6.45) is 4.88. The smallest absolute Gasteiger partial charge is 0.258 e. The molecule has 2 aromatic carbocycles. The summed E-state index contributed by atoms with van der Waals surface area (Å²) in [5.41, 5.74) is 2.50. The Morgan fingerprint density at radius 1 is 1.00 bits per heavy atom. The fourth-order valence-corrected chi connectivity index (χ4v) is 2.56. The van der Waals surface area contributed by atoms with Gasteiger partial charge in [0.15, 0.2) is 0 Å². The Hall–Kier alpha value is -3.72. The number of aryl methyl sites for hydroxylation is 1. The molecule has 3 rings (SSSR count). The highest BCUT2D eigenvalue weighted by Gasteiger charge is 2.10. The summed E-state index contributed by atoms with van der Waals surface area (Å²) in [6.45, 7) is 0.746. The molecule has 0 aliphatic heterocycles. The third-order valence-electron chi connectivity index (χ3n) is 3.98. The first kappa shape index (κ1) is 18.1. The number of hydrogen-bond donors (Lipinski definition) is 2. The number of amides is 1. The van der Waals surface area contributed by atoms with Crippen molar-refractivity contribution in [1.82, 2.24) is 9.97 Å². The Morgan fingerprint density at radius 2 is 1.70 bits per heavy atom. The van der Waals surface area contributed by atoms with Gasteiger partial charge in [-0.25, -0.2) is 9.97 Å². The van der Waals surface area contributed by atoms with Crippen molar-refractivity contribution in [1.29, 1.82) is 5.26 Å². The van der Waals surface area contributed by atoms with E-state index in [4.69, 9.17) is 5.26 Å². The lowest BCUT2D eigenvalue weighted by Crippen LogP contribution is -2.14. The normalized spacial score (nSPS) is 10.0. The van der Waals surface area contributed by atoms with Gasteiger partial charge in [0.2, 0.25) is 5.95 Å². The third kappa shape index (κ3) is 5.13. The summed E-state index contributed by atoms with van der Waals surface area (Å²) in [5, 5.41) is 14.9. The number of carbonyl (C=O) groups is 1. The van der Waals surface area contributed by atoms with Gasteiger partial charge in [-0.15, -0.1) is 0 Å². The summed E-state index contributed by atoms with van der Waals surface area (Å²) < 4.78 is 0. The first-order chi connectivity index (χ1) is 13.3. The zero-order chi connectivity index (χ0) is 18.9. The number of rotatable bonds is 7. The van der Waals surface area contributed by atoms with Gasteiger partial charge in [-0.05, 0) is 30.5 Å². The van der Waals surface area contributed by atoms with Crippen LogP contribution in [-0.4, -0.2) is 22.4 Å². The zero-order valence-electron chi connectivity index (χ0n) is 14.7. The number of nitrogens with zero attached hydrogens (tertiary/aromatic N) is 3. The summed E-state index contributed by atoms with van der Waals surface area (Å²) in [6, 6.07) is 19.2. The van der Waals surface area contributed by atoms with E-state index < -0.39 is 0 Å². The van der Waals surface area contributed by atoms with Crippen LogP contribution in [0.5, 0.6) is 0 Å². The monoisotopic (exact) mass is 357 g/mol. The highest BCUT2D eigenvalue weighted by atomic mass is 16.1. The van der Waals surface area contributed by atoms with Crippen molar-refractivity contribution in [2.75, 3.05) is 17.2 Å². The molecule has 0 saturated carbocycles. The van der Waals surface area contributed by atoms with E-state index in [1.165, 1.54) is 18.0 Å². The van der Waals surface area contributed by atoms with E-state index in [2.05, 4.69) is 32.7 Å². The molecular formula is C21H19N5O. The number of para-hydroxylation sites is 1. The lowest BCUT2D eigenvalue weighted by molar-refractivity contribution is 0.102. The minimum atomic E-state index is -0.353. The standard InChI is InChI=1S/C21H19N5O/c22-13-17-10-4-5-11-19(17)26-20(27)18-14-24-21(25-15-18)23-12-6-9-16-7-2-1-3-8-16/h1-5,7-8,10-11,14-15H,6,9,12H2,(H,26,27)(H,23,24,25). The van der Waals surface area contributed by atoms with E-state index in [-0.39, 0.29) is 5.91 Å². The minimum absolute atomic E-state index is 0.331. The molecule has 134 valence electrons. The van der Waals surface area contributed by atoms with E-state index in [1.807, 2.05) is 24.3 Å². The number of benzene rings is 2. The minimum Gasteiger partial charge on any atom is -0.354 e. The fourth-order valence-electron chi connectivity index (χ4n) is 2.56. The van der Waals surface area contributed by atoms with Crippen molar-refractivity contribution in [3.8, 4) is 6.07 Å². The van der Waals surface area contributed by atoms with Gasteiger partial charge >= 0.3 is 0 Å². The number of anilines is 2. The summed E-state index contributed by atoms with van der Waals surface area (Å²) in [5.74, 6) is 0.130. The second-order valence-corrected chi connectivity index (χ2v) is 5.92. The second kappa shape index (κ2) is 9.11. The van der Waals surface area contributed by atoms with Crippen LogP contribution in [0.1, 0.15) is 27.9 Å². The van der Waals surface area contributed by atoms with Crippen molar-refractivity contribution >= 4 is 17.5 Å². The molecular weight excluding hydrogens is 338 g/mol. The lowest BCUT2D eigenvalue weighted by atomic mass is 10.1. The van der Waals surface area contributed by atoms with Crippen LogP contribution in [0, 0.1) is 11.3 Å². The number of aromatic nitrogens is 2. The average molecular weight is 357 g/mol. The van der Waals surface area contributed by atoms with Crippen molar-refractivity contribution in [2.45, 2.75) is 12.8 Å². The Labute approximate surface area is 157 Å². The van der Waals surface area contributed by atoms with Gasteiger partial charge in [0.1, 0.15) is 6.07 Å². The number of carbonyl (C=O) groups excluding carboxylic acids is 1. The maximum atomic E-state index is 12.3. The molecule has 0 aliphatic carbocycles. The van der Waals surface area contributed by atoms with Crippen LogP contribution in [-0.2, 0) is 6.42 Å². The molecule has 0 radical (unpaired) electrons. The van der Waals surface area contributed by atoms with Crippen LogP contribution >= 0.6 is 0 Å².